The van der Waals surface area contributed by atoms with Crippen molar-refractivity contribution in [2.24, 2.45) is 0 Å². The van der Waals surface area contributed by atoms with E-state index < -0.39 is 17.7 Å². The molecule has 86 valence electrons. The molecule has 0 atom stereocenters. The summed E-state index contributed by atoms with van der Waals surface area (Å²) in [6.07, 6.45) is -3.13. The molecule has 0 spiro atoms. The second-order valence-electron chi connectivity index (χ2n) is 2.87. The van der Waals surface area contributed by atoms with Gasteiger partial charge in [0.15, 0.2) is 0 Å². The maximum absolute atomic E-state index is 12.5. The van der Waals surface area contributed by atoms with E-state index in [0.717, 1.165) is 18.2 Å². The highest BCUT2D eigenvalue weighted by molar-refractivity contribution is 6.32. The molecule has 1 aromatic rings. The fourth-order valence-corrected chi connectivity index (χ4v) is 1.35. The lowest BCUT2D eigenvalue weighted by atomic mass is 10.1. The third-order valence-electron chi connectivity index (χ3n) is 1.75. The Morgan fingerprint density at radius 1 is 1.38 bits per heavy atom. The van der Waals surface area contributed by atoms with Crippen LogP contribution in [0.1, 0.15) is 11.1 Å². The number of hydrogen-bond acceptors (Lipinski definition) is 1. The Labute approximate surface area is 94.0 Å². The van der Waals surface area contributed by atoms with Crippen LogP contribution in [0.5, 0.6) is 0 Å². The summed E-state index contributed by atoms with van der Waals surface area (Å²) >= 11 is 5.57. The number of halogens is 4. The number of carboxylic acid groups (broad SMARTS) is 1. The Morgan fingerprint density at radius 2 is 2.00 bits per heavy atom. The molecule has 16 heavy (non-hydrogen) atoms. The summed E-state index contributed by atoms with van der Waals surface area (Å²) in [7, 11) is 0. The molecule has 0 saturated carbocycles. The Hall–Kier alpha value is -1.49. The van der Waals surface area contributed by atoms with E-state index in [9.17, 15) is 18.0 Å². The topological polar surface area (TPSA) is 37.3 Å². The fraction of sp³-hybridized carbons (Fsp3) is 0.100. The van der Waals surface area contributed by atoms with Crippen LogP contribution < -0.4 is 0 Å². The molecule has 0 amide bonds. The number of rotatable bonds is 2. The third-order valence-corrected chi connectivity index (χ3v) is 2.08. The average Bonchev–Trinajstić information content (AvgIpc) is 2.13. The Kier molecular flexibility index (Phi) is 3.59. The predicted molar refractivity (Wildman–Crippen MR) is 53.1 cm³/mol. The summed E-state index contributed by atoms with van der Waals surface area (Å²) < 4.78 is 37.5. The van der Waals surface area contributed by atoms with Crippen molar-refractivity contribution in [3.8, 4) is 0 Å². The molecule has 1 N–H and O–H groups in total. The molecule has 0 saturated heterocycles. The van der Waals surface area contributed by atoms with Crippen LogP contribution >= 0.6 is 11.6 Å². The first-order valence-electron chi connectivity index (χ1n) is 4.09. The van der Waals surface area contributed by atoms with Gasteiger partial charge in [0.25, 0.3) is 0 Å². The Bertz CT molecular complexity index is 438. The average molecular weight is 251 g/mol. The molecule has 1 aromatic carbocycles. The molecule has 1 rings (SSSR count). The summed E-state index contributed by atoms with van der Waals surface area (Å²) in [5, 5.41) is 8.20. The highest BCUT2D eigenvalue weighted by atomic mass is 35.5. The molecular weight excluding hydrogens is 245 g/mol. The van der Waals surface area contributed by atoms with E-state index in [2.05, 4.69) is 0 Å². The first kappa shape index (κ1) is 12.6. The monoisotopic (exact) mass is 250 g/mol. The molecular formula is C10H6ClF3O2. The van der Waals surface area contributed by atoms with Gasteiger partial charge in [0, 0.05) is 16.7 Å². The number of hydrogen-bond donors (Lipinski definition) is 1. The first-order valence-corrected chi connectivity index (χ1v) is 4.47. The molecule has 6 heteroatoms. The second kappa shape index (κ2) is 4.57. The van der Waals surface area contributed by atoms with Crippen LogP contribution in [-0.2, 0) is 11.0 Å². The van der Waals surface area contributed by atoms with Crippen molar-refractivity contribution in [2.45, 2.75) is 6.18 Å². The summed E-state index contributed by atoms with van der Waals surface area (Å²) in [5.41, 5.74) is -1.31. The van der Waals surface area contributed by atoms with E-state index >= 15 is 0 Å². The molecule has 0 bridgehead atoms. The lowest BCUT2D eigenvalue weighted by molar-refractivity contribution is -0.138. The van der Waals surface area contributed by atoms with Gasteiger partial charge in [0.2, 0.25) is 0 Å². The number of benzene rings is 1. The van der Waals surface area contributed by atoms with Gasteiger partial charge in [-0.25, -0.2) is 4.79 Å². The van der Waals surface area contributed by atoms with Crippen molar-refractivity contribution in [3.05, 3.63) is 40.4 Å². The molecule has 0 aliphatic rings. The van der Waals surface area contributed by atoms with Gasteiger partial charge in [0.1, 0.15) is 0 Å². The highest BCUT2D eigenvalue weighted by Crippen LogP contribution is 2.35. The lowest BCUT2D eigenvalue weighted by Gasteiger charge is -2.11. The van der Waals surface area contributed by atoms with Crippen LogP contribution in [0, 0.1) is 0 Å². The zero-order chi connectivity index (χ0) is 12.3. The van der Waals surface area contributed by atoms with E-state index in [0.29, 0.717) is 6.08 Å². The first-order chi connectivity index (χ1) is 7.32. The largest absolute Gasteiger partial charge is 0.478 e. The van der Waals surface area contributed by atoms with Crippen molar-refractivity contribution in [1.82, 2.24) is 0 Å². The van der Waals surface area contributed by atoms with Crippen LogP contribution in [0.15, 0.2) is 24.3 Å². The van der Waals surface area contributed by atoms with E-state index in [1.54, 1.807) is 0 Å². The predicted octanol–water partition coefficient (Wildman–Crippen LogP) is 3.46. The summed E-state index contributed by atoms with van der Waals surface area (Å²) in [4.78, 5) is 10.2. The maximum Gasteiger partial charge on any atom is 0.417 e. The van der Waals surface area contributed by atoms with Crippen LogP contribution in [0.2, 0.25) is 5.02 Å². The number of carboxylic acids is 1. The molecule has 0 unspecified atom stereocenters. The van der Waals surface area contributed by atoms with Crippen molar-refractivity contribution < 1.29 is 23.1 Å². The maximum atomic E-state index is 12.5. The quantitative estimate of drug-likeness (QED) is 0.816. The van der Waals surface area contributed by atoms with E-state index in [1.165, 1.54) is 6.07 Å². The smallest absolute Gasteiger partial charge is 0.417 e. The zero-order valence-electron chi connectivity index (χ0n) is 7.75. The van der Waals surface area contributed by atoms with Crippen LogP contribution in [0.3, 0.4) is 0 Å². The van der Waals surface area contributed by atoms with Gasteiger partial charge in [0.05, 0.1) is 5.56 Å². The van der Waals surface area contributed by atoms with Gasteiger partial charge < -0.3 is 5.11 Å². The Balaban J connectivity index is 3.30. The third kappa shape index (κ3) is 3.00. The Morgan fingerprint density at radius 3 is 2.50 bits per heavy atom. The summed E-state index contributed by atoms with van der Waals surface area (Å²) in [6, 6.07) is 3.26. The number of aliphatic carboxylic acids is 1. The normalized spacial score (nSPS) is 12.0. The van der Waals surface area contributed by atoms with Gasteiger partial charge in [-0.05, 0) is 18.2 Å². The lowest BCUT2D eigenvalue weighted by Crippen LogP contribution is -2.07. The molecule has 0 aliphatic carbocycles. The molecule has 0 heterocycles. The SMILES string of the molecule is O=C(O)C=Cc1c(Cl)cccc1C(F)(F)F. The van der Waals surface area contributed by atoms with Gasteiger partial charge in [-0.15, -0.1) is 0 Å². The van der Waals surface area contributed by atoms with E-state index in [-0.39, 0.29) is 10.6 Å². The minimum atomic E-state index is -4.57. The number of alkyl halides is 3. The van der Waals surface area contributed by atoms with Crippen LogP contribution in [0.4, 0.5) is 13.2 Å². The molecule has 0 aromatic heterocycles. The van der Waals surface area contributed by atoms with Crippen molar-refractivity contribution in [3.63, 3.8) is 0 Å². The van der Waals surface area contributed by atoms with Gasteiger partial charge >= 0.3 is 12.1 Å². The molecule has 0 radical (unpaired) electrons. The van der Waals surface area contributed by atoms with Crippen molar-refractivity contribution in [1.29, 1.82) is 0 Å². The van der Waals surface area contributed by atoms with Gasteiger partial charge in [-0.3, -0.25) is 0 Å². The van der Waals surface area contributed by atoms with Crippen molar-refractivity contribution >= 4 is 23.6 Å². The molecule has 2 nitrogen and oxygen atoms in total. The fourth-order valence-electron chi connectivity index (χ4n) is 1.11. The molecule has 0 aliphatic heterocycles. The van der Waals surface area contributed by atoms with Gasteiger partial charge in [-0.2, -0.15) is 13.2 Å². The second-order valence-corrected chi connectivity index (χ2v) is 3.28. The summed E-state index contributed by atoms with van der Waals surface area (Å²) in [6.45, 7) is 0. The van der Waals surface area contributed by atoms with E-state index in [1.807, 2.05) is 0 Å². The van der Waals surface area contributed by atoms with Crippen LogP contribution in [-0.4, -0.2) is 11.1 Å². The summed E-state index contributed by atoms with van der Waals surface area (Å²) in [5.74, 6) is -1.34. The minimum absolute atomic E-state index is 0.146. The molecule has 0 fully saturated rings. The standard InChI is InChI=1S/C10H6ClF3O2/c11-8-3-1-2-7(10(12,13)14)6(8)4-5-9(15)16/h1-5H,(H,15,16). The van der Waals surface area contributed by atoms with Crippen molar-refractivity contribution in [2.75, 3.05) is 0 Å². The number of carbonyl (C=O) groups is 1. The van der Waals surface area contributed by atoms with Crippen LogP contribution in [0.25, 0.3) is 6.08 Å². The zero-order valence-corrected chi connectivity index (χ0v) is 8.51. The highest BCUT2D eigenvalue weighted by Gasteiger charge is 2.33. The minimum Gasteiger partial charge on any atom is -0.478 e. The van der Waals surface area contributed by atoms with E-state index in [4.69, 9.17) is 16.7 Å². The van der Waals surface area contributed by atoms with Gasteiger partial charge in [-0.1, -0.05) is 17.7 Å².